The number of benzene rings is 1. The first kappa shape index (κ1) is 17.5. The molecule has 2 fully saturated rings. The largest absolute Gasteiger partial charge is 0.366 e. The number of aromatic nitrogens is 1. The summed E-state index contributed by atoms with van der Waals surface area (Å²) in [6.07, 6.45) is 5.06. The summed E-state index contributed by atoms with van der Waals surface area (Å²) in [5, 5.41) is 0.942. The number of carbonyl (C=O) groups excluding carboxylic acids is 1. The van der Waals surface area contributed by atoms with Gasteiger partial charge in [-0.25, -0.2) is 4.39 Å². The van der Waals surface area contributed by atoms with Gasteiger partial charge in [-0.1, -0.05) is 0 Å². The minimum absolute atomic E-state index is 0.123. The van der Waals surface area contributed by atoms with Crippen molar-refractivity contribution in [3.8, 4) is 0 Å². The minimum atomic E-state index is -0.381. The van der Waals surface area contributed by atoms with Crippen molar-refractivity contribution in [3.63, 3.8) is 0 Å². The fraction of sp³-hybridized carbons (Fsp3) is 0.550. The lowest BCUT2D eigenvalue weighted by molar-refractivity contribution is -0.150. The van der Waals surface area contributed by atoms with Crippen LogP contribution in [-0.4, -0.2) is 59.2 Å². The van der Waals surface area contributed by atoms with Gasteiger partial charge in [-0.05, 0) is 43.0 Å². The van der Waals surface area contributed by atoms with Gasteiger partial charge in [0.2, 0.25) is 0 Å². The van der Waals surface area contributed by atoms with Crippen molar-refractivity contribution in [2.75, 3.05) is 32.8 Å². The third kappa shape index (κ3) is 3.48. The number of morpholine rings is 1. The Hall–Kier alpha value is -1.92. The maximum absolute atomic E-state index is 13.7. The summed E-state index contributed by atoms with van der Waals surface area (Å²) in [6, 6.07) is 4.91. The molecule has 1 aromatic carbocycles. The maximum Gasteiger partial charge on any atom is 0.253 e. The van der Waals surface area contributed by atoms with Crippen LogP contribution in [0.25, 0.3) is 10.9 Å². The average Bonchev–Trinajstić information content (AvgIpc) is 2.97. The second kappa shape index (κ2) is 7.37. The van der Waals surface area contributed by atoms with Gasteiger partial charge in [0.15, 0.2) is 0 Å². The summed E-state index contributed by atoms with van der Waals surface area (Å²) in [5.74, 6) is -0.0940. The lowest BCUT2D eigenvalue weighted by Crippen LogP contribution is -2.51. The maximum atomic E-state index is 13.7. The summed E-state index contributed by atoms with van der Waals surface area (Å²) in [5.41, 5.74) is 2.11. The lowest BCUT2D eigenvalue weighted by Gasteiger charge is -2.36. The summed E-state index contributed by atoms with van der Waals surface area (Å²) < 4.78 is 21.5. The highest BCUT2D eigenvalue weighted by molar-refractivity contribution is 5.84. The van der Waals surface area contributed by atoms with E-state index in [1.54, 1.807) is 6.07 Å². The van der Waals surface area contributed by atoms with E-state index in [9.17, 15) is 9.18 Å². The fourth-order valence-corrected chi connectivity index (χ4v) is 4.13. The molecule has 0 N–H and O–H groups in total. The predicted octanol–water partition coefficient (Wildman–Crippen LogP) is 2.53. The number of fused-ring (bicyclic) bond motifs is 1. The standard InChI is InChI=1S/C20H26FN3O2/c1-22-12-15(17-11-16(21)5-6-18(17)22)13-23-9-10-26-19(14-23)20(25)24-7-3-2-4-8-24/h5-6,11-12,19H,2-4,7-10,13-14H2,1H3/t19-/m1/s1. The highest BCUT2D eigenvalue weighted by Gasteiger charge is 2.31. The molecule has 140 valence electrons. The quantitative estimate of drug-likeness (QED) is 0.845. The highest BCUT2D eigenvalue weighted by Crippen LogP contribution is 2.24. The molecule has 1 atom stereocenters. The molecule has 2 aliphatic rings. The fourth-order valence-electron chi connectivity index (χ4n) is 4.13. The Balaban J connectivity index is 1.47. The number of rotatable bonds is 3. The molecule has 1 aromatic heterocycles. The third-order valence-electron chi connectivity index (χ3n) is 5.52. The van der Waals surface area contributed by atoms with Crippen LogP contribution in [0.15, 0.2) is 24.4 Å². The summed E-state index contributed by atoms with van der Waals surface area (Å²) >= 11 is 0. The monoisotopic (exact) mass is 359 g/mol. The van der Waals surface area contributed by atoms with E-state index in [1.165, 1.54) is 12.5 Å². The number of piperidine rings is 1. The Kier molecular flexibility index (Phi) is 4.96. The van der Waals surface area contributed by atoms with Gasteiger partial charge < -0.3 is 14.2 Å². The molecule has 0 spiro atoms. The van der Waals surface area contributed by atoms with E-state index < -0.39 is 0 Å². The topological polar surface area (TPSA) is 37.7 Å². The molecule has 0 aliphatic carbocycles. The number of hydrogen-bond donors (Lipinski definition) is 0. The van der Waals surface area contributed by atoms with Gasteiger partial charge in [-0.3, -0.25) is 9.69 Å². The van der Waals surface area contributed by atoms with Gasteiger partial charge in [0.25, 0.3) is 5.91 Å². The summed E-state index contributed by atoms with van der Waals surface area (Å²) in [4.78, 5) is 16.9. The number of aryl methyl sites for hydroxylation is 1. The van der Waals surface area contributed by atoms with Gasteiger partial charge in [0.05, 0.1) is 6.61 Å². The van der Waals surface area contributed by atoms with Crippen LogP contribution in [0.2, 0.25) is 0 Å². The van der Waals surface area contributed by atoms with E-state index in [0.717, 1.165) is 48.9 Å². The molecule has 2 aliphatic heterocycles. The zero-order valence-corrected chi connectivity index (χ0v) is 15.3. The first-order chi connectivity index (χ1) is 12.6. The first-order valence-corrected chi connectivity index (χ1v) is 9.48. The molecule has 2 aromatic rings. The van der Waals surface area contributed by atoms with Gasteiger partial charge in [-0.2, -0.15) is 0 Å². The molecule has 0 radical (unpaired) electrons. The second-order valence-corrected chi connectivity index (χ2v) is 7.41. The molecule has 26 heavy (non-hydrogen) atoms. The van der Waals surface area contributed by atoms with Crippen LogP contribution in [0.3, 0.4) is 0 Å². The second-order valence-electron chi connectivity index (χ2n) is 7.41. The summed E-state index contributed by atoms with van der Waals surface area (Å²) in [6.45, 7) is 4.34. The van der Waals surface area contributed by atoms with Crippen molar-refractivity contribution in [1.82, 2.24) is 14.4 Å². The van der Waals surface area contributed by atoms with E-state index in [2.05, 4.69) is 11.1 Å². The lowest BCUT2D eigenvalue weighted by atomic mass is 10.1. The SMILES string of the molecule is Cn1cc(CN2CCO[C@@H](C(=O)N3CCCCC3)C2)c2cc(F)ccc21. The van der Waals surface area contributed by atoms with E-state index >= 15 is 0 Å². The molecular weight excluding hydrogens is 333 g/mol. The Morgan fingerprint density at radius 2 is 2.04 bits per heavy atom. The Labute approximate surface area is 153 Å². The van der Waals surface area contributed by atoms with Crippen LogP contribution in [0, 0.1) is 5.82 Å². The van der Waals surface area contributed by atoms with E-state index in [0.29, 0.717) is 19.7 Å². The number of nitrogens with zero attached hydrogens (tertiary/aromatic N) is 3. The van der Waals surface area contributed by atoms with Crippen molar-refractivity contribution in [2.24, 2.45) is 7.05 Å². The van der Waals surface area contributed by atoms with Crippen LogP contribution in [0.4, 0.5) is 4.39 Å². The number of hydrogen-bond acceptors (Lipinski definition) is 3. The zero-order chi connectivity index (χ0) is 18.1. The van der Waals surface area contributed by atoms with Gasteiger partial charge in [0.1, 0.15) is 11.9 Å². The number of likely N-dealkylation sites (tertiary alicyclic amines) is 1. The van der Waals surface area contributed by atoms with Gasteiger partial charge in [0, 0.05) is 56.9 Å². The van der Waals surface area contributed by atoms with Crippen molar-refractivity contribution in [1.29, 1.82) is 0 Å². The Morgan fingerprint density at radius 1 is 1.23 bits per heavy atom. The summed E-state index contributed by atoms with van der Waals surface area (Å²) in [7, 11) is 1.98. The number of carbonyl (C=O) groups is 1. The predicted molar refractivity (Wildman–Crippen MR) is 98.3 cm³/mol. The molecule has 3 heterocycles. The smallest absolute Gasteiger partial charge is 0.253 e. The molecule has 0 unspecified atom stereocenters. The van der Waals surface area contributed by atoms with E-state index in [1.807, 2.05) is 22.6 Å². The van der Waals surface area contributed by atoms with Crippen LogP contribution in [0.5, 0.6) is 0 Å². The first-order valence-electron chi connectivity index (χ1n) is 9.48. The third-order valence-corrected chi connectivity index (χ3v) is 5.52. The molecule has 2 saturated heterocycles. The minimum Gasteiger partial charge on any atom is -0.366 e. The van der Waals surface area contributed by atoms with Crippen molar-refractivity contribution in [2.45, 2.75) is 31.9 Å². The number of ether oxygens (including phenoxy) is 1. The molecular formula is C20H26FN3O2. The number of halogens is 1. The van der Waals surface area contributed by atoms with Crippen LogP contribution in [0.1, 0.15) is 24.8 Å². The van der Waals surface area contributed by atoms with Crippen molar-refractivity contribution < 1.29 is 13.9 Å². The van der Waals surface area contributed by atoms with Crippen molar-refractivity contribution in [3.05, 3.63) is 35.8 Å². The highest BCUT2D eigenvalue weighted by atomic mass is 19.1. The number of amides is 1. The van der Waals surface area contributed by atoms with Gasteiger partial charge in [-0.15, -0.1) is 0 Å². The van der Waals surface area contributed by atoms with Crippen LogP contribution >= 0.6 is 0 Å². The van der Waals surface area contributed by atoms with Gasteiger partial charge >= 0.3 is 0 Å². The van der Waals surface area contributed by atoms with Crippen LogP contribution in [-0.2, 0) is 23.1 Å². The van der Waals surface area contributed by atoms with Crippen molar-refractivity contribution >= 4 is 16.8 Å². The molecule has 0 bridgehead atoms. The molecule has 0 saturated carbocycles. The van der Waals surface area contributed by atoms with Crippen LogP contribution < -0.4 is 0 Å². The molecule has 4 rings (SSSR count). The molecule has 1 amide bonds. The molecule has 5 nitrogen and oxygen atoms in total. The Morgan fingerprint density at radius 3 is 2.85 bits per heavy atom. The molecule has 6 heteroatoms. The van der Waals surface area contributed by atoms with E-state index in [-0.39, 0.29) is 17.8 Å². The van der Waals surface area contributed by atoms with E-state index in [4.69, 9.17) is 4.74 Å². The zero-order valence-electron chi connectivity index (χ0n) is 15.3. The average molecular weight is 359 g/mol. The normalized spacial score (nSPS) is 22.1. The Bertz CT molecular complexity index is 798.